The van der Waals surface area contributed by atoms with Crippen LogP contribution in [0, 0.1) is 0 Å². The lowest BCUT2D eigenvalue weighted by atomic mass is 10.0. The first kappa shape index (κ1) is 19.2. The van der Waals surface area contributed by atoms with Crippen LogP contribution in [0.5, 0.6) is 0 Å². The highest BCUT2D eigenvalue weighted by Crippen LogP contribution is 2.28. The Labute approximate surface area is 165 Å². The van der Waals surface area contributed by atoms with E-state index in [4.69, 9.17) is 4.74 Å². The van der Waals surface area contributed by atoms with Crippen LogP contribution in [0.15, 0.2) is 47.4 Å². The Morgan fingerprint density at radius 2 is 2.03 bits per heavy atom. The van der Waals surface area contributed by atoms with Crippen LogP contribution in [0.4, 0.5) is 14.6 Å². The fourth-order valence-corrected chi connectivity index (χ4v) is 3.46. The van der Waals surface area contributed by atoms with Crippen molar-refractivity contribution in [3.8, 4) is 0 Å². The van der Waals surface area contributed by atoms with Crippen LogP contribution in [0.1, 0.15) is 36.1 Å². The third-order valence-corrected chi connectivity index (χ3v) is 5.12. The molecule has 1 atom stereocenters. The summed E-state index contributed by atoms with van der Waals surface area (Å²) in [7, 11) is 1.69. The van der Waals surface area contributed by atoms with Gasteiger partial charge in [0.05, 0.1) is 31.0 Å². The number of benzene rings is 1. The monoisotopic (exact) mass is 398 g/mol. The van der Waals surface area contributed by atoms with E-state index < -0.39 is 6.43 Å². The van der Waals surface area contributed by atoms with Crippen molar-refractivity contribution in [2.75, 3.05) is 18.5 Å². The normalized spacial score (nSPS) is 15.0. The number of nitrogens with zero attached hydrogens (tertiary/aromatic N) is 3. The molecule has 1 aromatic carbocycles. The second-order valence-electron chi connectivity index (χ2n) is 7.00. The van der Waals surface area contributed by atoms with Gasteiger partial charge in [0.15, 0.2) is 5.82 Å². The number of pyridine rings is 1. The number of hydrogen-bond donors (Lipinski definition) is 1. The van der Waals surface area contributed by atoms with Crippen molar-refractivity contribution in [2.45, 2.75) is 19.4 Å². The number of aryl methyl sites for hydroxylation is 1. The summed E-state index contributed by atoms with van der Waals surface area (Å²) >= 11 is 0. The number of rotatable bonds is 5. The molecule has 1 aliphatic heterocycles. The molecule has 0 unspecified atom stereocenters. The Bertz CT molecular complexity index is 1160. The standard InChI is InChI=1S/C21H20F2N4O2/c1-12(13-4-3-5-14(8-13)19(22)23)25-20-17-9-16(15-6-7-29-11-15)21(28)27(2)18(17)10-24-26-20/h3-6,8-10,12,19H,7,11H2,1-2H3,(H,25,26)/t12-/m1/s1. The SMILES string of the molecule is C[C@@H](Nc1nncc2c1cc(C1=CCOC1)c(=O)n2C)c1cccc(C(F)F)c1. The zero-order chi connectivity index (χ0) is 20.5. The number of anilines is 1. The summed E-state index contributed by atoms with van der Waals surface area (Å²) in [6.07, 6.45) is 0.897. The first-order valence-electron chi connectivity index (χ1n) is 9.23. The maximum atomic E-state index is 13.0. The highest BCUT2D eigenvalue weighted by atomic mass is 19.3. The maximum Gasteiger partial charge on any atom is 0.263 e. The Hall–Kier alpha value is -3.13. The highest BCUT2D eigenvalue weighted by molar-refractivity contribution is 5.91. The van der Waals surface area contributed by atoms with E-state index >= 15 is 0 Å². The molecule has 0 bridgehead atoms. The summed E-state index contributed by atoms with van der Waals surface area (Å²) in [6.45, 7) is 2.73. The largest absolute Gasteiger partial charge is 0.373 e. The number of nitrogens with one attached hydrogen (secondary N) is 1. The van der Waals surface area contributed by atoms with Crippen molar-refractivity contribution in [1.82, 2.24) is 14.8 Å². The Kier molecular flexibility index (Phi) is 5.10. The lowest BCUT2D eigenvalue weighted by Gasteiger charge is -2.18. The van der Waals surface area contributed by atoms with Crippen molar-refractivity contribution in [3.63, 3.8) is 0 Å². The summed E-state index contributed by atoms with van der Waals surface area (Å²) in [4.78, 5) is 12.8. The Balaban J connectivity index is 1.76. The van der Waals surface area contributed by atoms with Crippen molar-refractivity contribution >= 4 is 22.3 Å². The molecule has 0 radical (unpaired) electrons. The molecule has 0 fully saturated rings. The molecular weight excluding hydrogens is 378 g/mol. The molecule has 4 rings (SSSR count). The summed E-state index contributed by atoms with van der Waals surface area (Å²) in [5.41, 5.74) is 2.57. The van der Waals surface area contributed by atoms with Crippen LogP contribution in [0.3, 0.4) is 0 Å². The molecule has 1 aliphatic rings. The molecule has 0 saturated carbocycles. The minimum atomic E-state index is -2.53. The molecule has 0 aliphatic carbocycles. The van der Waals surface area contributed by atoms with Gasteiger partial charge in [-0.2, -0.15) is 5.10 Å². The smallest absolute Gasteiger partial charge is 0.263 e. The molecule has 8 heteroatoms. The predicted octanol–water partition coefficient (Wildman–Crippen LogP) is 3.85. The molecule has 0 amide bonds. The fourth-order valence-electron chi connectivity index (χ4n) is 3.46. The molecule has 150 valence electrons. The van der Waals surface area contributed by atoms with Crippen molar-refractivity contribution in [3.05, 3.63) is 69.6 Å². The van der Waals surface area contributed by atoms with Crippen LogP contribution < -0.4 is 10.9 Å². The number of alkyl halides is 2. The Morgan fingerprint density at radius 1 is 1.24 bits per heavy atom. The van der Waals surface area contributed by atoms with Gasteiger partial charge in [0, 0.05) is 23.6 Å². The van der Waals surface area contributed by atoms with Crippen molar-refractivity contribution < 1.29 is 13.5 Å². The molecule has 2 aromatic heterocycles. The van der Waals surface area contributed by atoms with Crippen LogP contribution >= 0.6 is 0 Å². The summed E-state index contributed by atoms with van der Waals surface area (Å²) in [6, 6.07) is 7.77. The zero-order valence-electron chi connectivity index (χ0n) is 16.0. The van der Waals surface area contributed by atoms with Gasteiger partial charge in [0.25, 0.3) is 12.0 Å². The van der Waals surface area contributed by atoms with Crippen LogP contribution in [-0.4, -0.2) is 28.0 Å². The van der Waals surface area contributed by atoms with Crippen LogP contribution in [0.2, 0.25) is 0 Å². The average Bonchev–Trinajstić information content (AvgIpc) is 3.25. The van der Waals surface area contributed by atoms with Gasteiger partial charge in [-0.15, -0.1) is 5.10 Å². The Morgan fingerprint density at radius 3 is 2.76 bits per heavy atom. The lowest BCUT2D eigenvalue weighted by molar-refractivity contribution is 0.151. The van der Waals surface area contributed by atoms with E-state index in [-0.39, 0.29) is 17.2 Å². The van der Waals surface area contributed by atoms with Crippen molar-refractivity contribution in [2.24, 2.45) is 7.05 Å². The van der Waals surface area contributed by atoms with E-state index in [1.54, 1.807) is 25.2 Å². The first-order valence-corrected chi connectivity index (χ1v) is 9.23. The van der Waals surface area contributed by atoms with E-state index in [0.29, 0.717) is 35.7 Å². The molecule has 3 heterocycles. The van der Waals surface area contributed by atoms with Gasteiger partial charge in [0.2, 0.25) is 0 Å². The number of ether oxygens (including phenoxy) is 1. The number of fused-ring (bicyclic) bond motifs is 1. The summed E-state index contributed by atoms with van der Waals surface area (Å²) < 4.78 is 32.9. The third-order valence-electron chi connectivity index (χ3n) is 5.12. The predicted molar refractivity (Wildman–Crippen MR) is 107 cm³/mol. The minimum Gasteiger partial charge on any atom is -0.373 e. The van der Waals surface area contributed by atoms with E-state index in [9.17, 15) is 13.6 Å². The molecule has 0 saturated heterocycles. The van der Waals surface area contributed by atoms with E-state index in [1.165, 1.54) is 22.9 Å². The first-order chi connectivity index (χ1) is 14.0. The molecular formula is C21H20F2N4O2. The topological polar surface area (TPSA) is 69.0 Å². The molecule has 29 heavy (non-hydrogen) atoms. The molecule has 3 aromatic rings. The molecule has 6 nitrogen and oxygen atoms in total. The average molecular weight is 398 g/mol. The van der Waals surface area contributed by atoms with Gasteiger partial charge in [0.1, 0.15) is 0 Å². The molecule has 0 spiro atoms. The summed E-state index contributed by atoms with van der Waals surface area (Å²) in [5, 5.41) is 12.2. The van der Waals surface area contributed by atoms with Gasteiger partial charge in [-0.05, 0) is 30.2 Å². The van der Waals surface area contributed by atoms with E-state index in [0.717, 1.165) is 11.0 Å². The quantitative estimate of drug-likeness (QED) is 0.707. The lowest BCUT2D eigenvalue weighted by Crippen LogP contribution is -2.22. The van der Waals surface area contributed by atoms with Gasteiger partial charge in [-0.25, -0.2) is 8.78 Å². The van der Waals surface area contributed by atoms with Gasteiger partial charge in [-0.1, -0.05) is 24.3 Å². The number of halogens is 2. The molecule has 1 N–H and O–H groups in total. The van der Waals surface area contributed by atoms with Crippen molar-refractivity contribution in [1.29, 1.82) is 0 Å². The second kappa shape index (κ2) is 7.71. The van der Waals surface area contributed by atoms with E-state index in [2.05, 4.69) is 15.5 Å². The van der Waals surface area contributed by atoms with E-state index in [1.807, 2.05) is 13.0 Å². The summed E-state index contributed by atoms with van der Waals surface area (Å²) in [5.74, 6) is 0.480. The third kappa shape index (κ3) is 3.63. The minimum absolute atomic E-state index is 0.0296. The van der Waals surface area contributed by atoms with Crippen LogP contribution in [0.25, 0.3) is 16.5 Å². The number of aromatic nitrogens is 3. The highest BCUT2D eigenvalue weighted by Gasteiger charge is 2.18. The fraction of sp³-hybridized carbons (Fsp3) is 0.286. The van der Waals surface area contributed by atoms with Gasteiger partial charge >= 0.3 is 0 Å². The second-order valence-corrected chi connectivity index (χ2v) is 7.00. The number of hydrogen-bond acceptors (Lipinski definition) is 5. The van der Waals surface area contributed by atoms with Gasteiger partial charge < -0.3 is 14.6 Å². The maximum absolute atomic E-state index is 13.0. The zero-order valence-corrected chi connectivity index (χ0v) is 16.0. The van der Waals surface area contributed by atoms with Gasteiger partial charge in [-0.3, -0.25) is 4.79 Å². The van der Waals surface area contributed by atoms with Crippen LogP contribution in [-0.2, 0) is 11.8 Å².